The van der Waals surface area contributed by atoms with E-state index in [1.165, 1.54) is 0 Å². The van der Waals surface area contributed by atoms with Gasteiger partial charge in [-0.05, 0) is 0 Å². The lowest BCUT2D eigenvalue weighted by Gasteiger charge is -1.85. The Morgan fingerprint density at radius 1 is 1.33 bits per heavy atom. The number of hydrogen-bond acceptors (Lipinski definition) is 2. The zero-order valence-electron chi connectivity index (χ0n) is 3.37. The van der Waals surface area contributed by atoms with Crippen LogP contribution in [0.15, 0.2) is 0 Å². The molecule has 1 fully saturated rings. The van der Waals surface area contributed by atoms with Crippen LogP contribution in [0.1, 0.15) is 0 Å². The fraction of sp³-hybridized carbons (Fsp3) is 1.00. The van der Waals surface area contributed by atoms with Gasteiger partial charge in [0, 0.05) is 13.1 Å². The van der Waals surface area contributed by atoms with E-state index in [-0.39, 0.29) is 0 Å². The molecule has 2 nitrogen and oxygen atoms in total. The van der Waals surface area contributed by atoms with Crippen molar-refractivity contribution in [1.82, 2.24) is 10.9 Å². The van der Waals surface area contributed by atoms with Crippen molar-refractivity contribution in [2.75, 3.05) is 13.1 Å². The first-order valence-corrected chi connectivity index (χ1v) is 2.43. The van der Waals surface area contributed by atoms with E-state index < -0.39 is 0 Å². The number of hydrazine groups is 1. The van der Waals surface area contributed by atoms with E-state index in [2.05, 4.69) is 10.9 Å². The molecular weight excluding hydrogens is 99.5 g/mol. The maximum Gasteiger partial charge on any atom is 0.0612 e. The van der Waals surface area contributed by atoms with Crippen LogP contribution in [0.5, 0.6) is 0 Å². The molecule has 6 heavy (non-hydrogen) atoms. The minimum atomic E-state index is 0.296. The van der Waals surface area contributed by atoms with Crippen LogP contribution < -0.4 is 10.9 Å². The number of nitrogens with one attached hydrogen (secondary N) is 2. The van der Waals surface area contributed by atoms with E-state index in [0.717, 1.165) is 13.1 Å². The molecule has 0 atom stereocenters. The molecule has 0 spiro atoms. The van der Waals surface area contributed by atoms with Gasteiger partial charge < -0.3 is 0 Å². The highest BCUT2D eigenvalue weighted by atomic mass is 35.5. The number of alkyl halides is 1. The molecule has 36 valence electrons. The van der Waals surface area contributed by atoms with Crippen molar-refractivity contribution in [2.24, 2.45) is 0 Å². The van der Waals surface area contributed by atoms with Gasteiger partial charge in [0.05, 0.1) is 5.38 Å². The molecule has 0 amide bonds. The molecular formula is C3H7ClN2. The number of hydrogen-bond donors (Lipinski definition) is 2. The molecule has 1 aliphatic rings. The van der Waals surface area contributed by atoms with Crippen LogP contribution in [-0.4, -0.2) is 18.5 Å². The lowest BCUT2D eigenvalue weighted by molar-refractivity contribution is 0.689. The minimum absolute atomic E-state index is 0.296. The predicted octanol–water partition coefficient (Wildman–Crippen LogP) is -0.298. The molecule has 0 aromatic rings. The second-order valence-corrected chi connectivity index (χ2v) is 1.98. The Bertz CT molecular complexity index is 42.1. The van der Waals surface area contributed by atoms with Gasteiger partial charge in [-0.25, -0.2) is 0 Å². The van der Waals surface area contributed by atoms with Crippen LogP contribution in [0, 0.1) is 0 Å². The zero-order chi connectivity index (χ0) is 4.41. The second-order valence-electron chi connectivity index (χ2n) is 1.36. The van der Waals surface area contributed by atoms with Crippen molar-refractivity contribution in [3.8, 4) is 0 Å². The van der Waals surface area contributed by atoms with E-state index in [0.29, 0.717) is 5.38 Å². The van der Waals surface area contributed by atoms with Gasteiger partial charge in [-0.2, -0.15) is 0 Å². The fourth-order valence-corrected chi connectivity index (χ4v) is 0.592. The van der Waals surface area contributed by atoms with Gasteiger partial charge in [-0.15, -0.1) is 11.6 Å². The average Bonchev–Trinajstić information content (AvgIpc) is 1.86. The van der Waals surface area contributed by atoms with Crippen molar-refractivity contribution in [3.05, 3.63) is 0 Å². The predicted molar refractivity (Wildman–Crippen MR) is 25.6 cm³/mol. The van der Waals surface area contributed by atoms with Gasteiger partial charge in [0.25, 0.3) is 0 Å². The van der Waals surface area contributed by atoms with Crippen LogP contribution in [0.3, 0.4) is 0 Å². The lowest BCUT2D eigenvalue weighted by atomic mass is 10.5. The van der Waals surface area contributed by atoms with Gasteiger partial charge in [0.1, 0.15) is 0 Å². The van der Waals surface area contributed by atoms with E-state index in [1.54, 1.807) is 0 Å². The summed E-state index contributed by atoms with van der Waals surface area (Å²) in [6.45, 7) is 1.78. The van der Waals surface area contributed by atoms with E-state index in [4.69, 9.17) is 11.6 Å². The highest BCUT2D eigenvalue weighted by Gasteiger charge is 2.07. The van der Waals surface area contributed by atoms with Crippen LogP contribution >= 0.6 is 11.6 Å². The standard InChI is InChI=1S/C3H7ClN2/c4-3-1-5-6-2-3/h3,5-6H,1-2H2. The summed E-state index contributed by atoms with van der Waals surface area (Å²) in [6, 6.07) is 0. The normalized spacial score (nSPS) is 25.5. The third-order valence-electron chi connectivity index (χ3n) is 0.772. The first-order valence-electron chi connectivity index (χ1n) is 1.99. The van der Waals surface area contributed by atoms with Crippen LogP contribution in [0.4, 0.5) is 0 Å². The van der Waals surface area contributed by atoms with Crippen molar-refractivity contribution in [2.45, 2.75) is 5.38 Å². The summed E-state index contributed by atoms with van der Waals surface area (Å²) in [5, 5.41) is 0.296. The maximum absolute atomic E-state index is 5.59. The van der Waals surface area contributed by atoms with Gasteiger partial charge in [0.2, 0.25) is 0 Å². The molecule has 0 saturated carbocycles. The smallest absolute Gasteiger partial charge is 0.0612 e. The second kappa shape index (κ2) is 1.78. The molecule has 0 aromatic carbocycles. The number of halogens is 1. The first-order chi connectivity index (χ1) is 2.89. The summed E-state index contributed by atoms with van der Waals surface area (Å²) in [5.74, 6) is 0. The largest absolute Gasteiger partial charge is 0.256 e. The van der Waals surface area contributed by atoms with E-state index in [9.17, 15) is 0 Å². The molecule has 1 rings (SSSR count). The van der Waals surface area contributed by atoms with Crippen LogP contribution in [-0.2, 0) is 0 Å². The van der Waals surface area contributed by atoms with Crippen molar-refractivity contribution in [3.63, 3.8) is 0 Å². The lowest BCUT2D eigenvalue weighted by Crippen LogP contribution is -2.21. The summed E-state index contributed by atoms with van der Waals surface area (Å²) >= 11 is 5.59. The molecule has 0 aromatic heterocycles. The Labute approximate surface area is 41.8 Å². The Balaban J connectivity index is 2.18. The molecule has 1 saturated heterocycles. The van der Waals surface area contributed by atoms with Crippen LogP contribution in [0.25, 0.3) is 0 Å². The van der Waals surface area contributed by atoms with Crippen molar-refractivity contribution in [1.29, 1.82) is 0 Å². The summed E-state index contributed by atoms with van der Waals surface area (Å²) in [5.41, 5.74) is 5.78. The van der Waals surface area contributed by atoms with E-state index >= 15 is 0 Å². The first kappa shape index (κ1) is 4.37. The van der Waals surface area contributed by atoms with Gasteiger partial charge in [-0.1, -0.05) is 0 Å². The topological polar surface area (TPSA) is 24.1 Å². The van der Waals surface area contributed by atoms with Gasteiger partial charge >= 0.3 is 0 Å². The Hall–Kier alpha value is 0.210. The monoisotopic (exact) mass is 106 g/mol. The molecule has 1 aliphatic heterocycles. The third-order valence-corrected chi connectivity index (χ3v) is 1.08. The molecule has 3 heteroatoms. The average molecular weight is 107 g/mol. The highest BCUT2D eigenvalue weighted by Crippen LogP contribution is 1.93. The summed E-state index contributed by atoms with van der Waals surface area (Å²) in [7, 11) is 0. The Kier molecular flexibility index (Phi) is 1.29. The molecule has 2 N–H and O–H groups in total. The Morgan fingerprint density at radius 2 is 1.83 bits per heavy atom. The van der Waals surface area contributed by atoms with Crippen molar-refractivity contribution >= 4 is 11.6 Å². The molecule has 0 bridgehead atoms. The fourth-order valence-electron chi connectivity index (χ4n) is 0.438. The Morgan fingerprint density at radius 3 is 2.00 bits per heavy atom. The minimum Gasteiger partial charge on any atom is -0.256 e. The maximum atomic E-state index is 5.59. The zero-order valence-corrected chi connectivity index (χ0v) is 4.13. The molecule has 1 heterocycles. The van der Waals surface area contributed by atoms with Crippen molar-refractivity contribution < 1.29 is 0 Å². The summed E-state index contributed by atoms with van der Waals surface area (Å²) in [4.78, 5) is 0. The molecule has 0 radical (unpaired) electrons. The van der Waals surface area contributed by atoms with Gasteiger partial charge in [-0.3, -0.25) is 10.9 Å². The third kappa shape index (κ3) is 0.834. The molecule has 0 aliphatic carbocycles. The summed E-state index contributed by atoms with van der Waals surface area (Å²) in [6.07, 6.45) is 0. The highest BCUT2D eigenvalue weighted by molar-refractivity contribution is 6.21. The molecule has 0 unspecified atom stereocenters. The SMILES string of the molecule is ClC1CNNC1. The summed E-state index contributed by atoms with van der Waals surface area (Å²) < 4.78 is 0. The van der Waals surface area contributed by atoms with E-state index in [1.807, 2.05) is 0 Å². The van der Waals surface area contributed by atoms with Gasteiger partial charge in [0.15, 0.2) is 0 Å². The number of rotatable bonds is 0. The van der Waals surface area contributed by atoms with Crippen LogP contribution in [0.2, 0.25) is 0 Å². The quantitative estimate of drug-likeness (QED) is 0.415.